The molecule has 3 rings (SSSR count). The predicted molar refractivity (Wildman–Crippen MR) is 119 cm³/mol. The Morgan fingerprint density at radius 3 is 2.35 bits per heavy atom. The van der Waals surface area contributed by atoms with Gasteiger partial charge >= 0.3 is 0 Å². The third kappa shape index (κ3) is 5.55. The average molecular weight is 440 g/mol. The number of benzene rings is 2. The molecule has 1 atom stereocenters. The van der Waals surface area contributed by atoms with Crippen molar-refractivity contribution in [1.29, 1.82) is 0 Å². The van der Waals surface area contributed by atoms with Crippen LogP contribution in [0.4, 0.5) is 0 Å². The molecule has 0 fully saturated rings. The normalized spacial score (nSPS) is 12.7. The van der Waals surface area contributed by atoms with Gasteiger partial charge in [-0.1, -0.05) is 54.6 Å². The lowest BCUT2D eigenvalue weighted by atomic mass is 10.0. The molecule has 2 amide bonds. The fourth-order valence-corrected chi connectivity index (χ4v) is 3.80. The van der Waals surface area contributed by atoms with Crippen molar-refractivity contribution in [3.8, 4) is 11.1 Å². The van der Waals surface area contributed by atoms with Gasteiger partial charge in [0.25, 0.3) is 11.8 Å². The van der Waals surface area contributed by atoms with E-state index in [2.05, 4.69) is 10.3 Å². The van der Waals surface area contributed by atoms with E-state index in [0.717, 1.165) is 27.3 Å². The lowest BCUT2D eigenvalue weighted by molar-refractivity contribution is -0.166. The summed E-state index contributed by atoms with van der Waals surface area (Å²) in [5, 5.41) is 11.8. The van der Waals surface area contributed by atoms with E-state index in [-0.39, 0.29) is 6.61 Å². The summed E-state index contributed by atoms with van der Waals surface area (Å²) in [4.78, 5) is 30.2. The molecule has 0 aliphatic carbocycles. The summed E-state index contributed by atoms with van der Waals surface area (Å²) in [6, 6.07) is 17.6. The lowest BCUT2D eigenvalue weighted by Crippen LogP contribution is -2.56. The molecule has 1 heterocycles. The topological polar surface area (TPSA) is 101 Å². The van der Waals surface area contributed by atoms with Crippen LogP contribution in [0.5, 0.6) is 0 Å². The van der Waals surface area contributed by atoms with Gasteiger partial charge in [-0.15, -0.1) is 11.3 Å². The van der Waals surface area contributed by atoms with Gasteiger partial charge in [-0.25, -0.2) is 10.5 Å². The summed E-state index contributed by atoms with van der Waals surface area (Å²) in [5.41, 5.74) is 5.27. The van der Waals surface area contributed by atoms with Crippen LogP contribution in [-0.4, -0.2) is 34.2 Å². The number of nitrogens with zero attached hydrogens (tertiary/aromatic N) is 1. The molecular weight excluding hydrogens is 414 g/mol. The summed E-state index contributed by atoms with van der Waals surface area (Å²) < 4.78 is 5.69. The highest BCUT2D eigenvalue weighted by Crippen LogP contribution is 2.21. The number of rotatable bonds is 9. The number of hydroxylamine groups is 1. The summed E-state index contributed by atoms with van der Waals surface area (Å²) in [6.07, 6.45) is 0.597. The van der Waals surface area contributed by atoms with Crippen molar-refractivity contribution in [1.82, 2.24) is 15.8 Å². The molecule has 31 heavy (non-hydrogen) atoms. The Hall–Kier alpha value is -3.07. The second-order valence-corrected chi connectivity index (χ2v) is 8.13. The van der Waals surface area contributed by atoms with Crippen LogP contribution in [0, 0.1) is 6.92 Å². The smallest absolute Gasteiger partial charge is 0.285 e. The van der Waals surface area contributed by atoms with Crippen LogP contribution in [0.3, 0.4) is 0 Å². The van der Waals surface area contributed by atoms with Gasteiger partial charge in [-0.05, 0) is 30.5 Å². The van der Waals surface area contributed by atoms with Crippen LogP contribution >= 0.6 is 11.3 Å². The highest BCUT2D eigenvalue weighted by molar-refractivity contribution is 7.09. The van der Waals surface area contributed by atoms with Gasteiger partial charge in [-0.3, -0.25) is 14.8 Å². The first-order valence-electron chi connectivity index (χ1n) is 9.84. The fourth-order valence-electron chi connectivity index (χ4n) is 3.02. The van der Waals surface area contributed by atoms with E-state index in [1.165, 1.54) is 23.7 Å². The van der Waals surface area contributed by atoms with Gasteiger partial charge in [0.1, 0.15) is 0 Å². The number of hydrogen-bond donors (Lipinski definition) is 3. The molecule has 7 nitrogen and oxygen atoms in total. The summed E-state index contributed by atoms with van der Waals surface area (Å²) in [5.74, 6) is -1.55. The zero-order valence-corrected chi connectivity index (χ0v) is 18.2. The molecule has 3 N–H and O–H groups in total. The molecular formula is C23H25N3O4S. The quantitative estimate of drug-likeness (QED) is 0.270. The van der Waals surface area contributed by atoms with E-state index in [1.807, 2.05) is 61.5 Å². The molecule has 3 aromatic rings. The Balaban J connectivity index is 1.62. The Morgan fingerprint density at radius 2 is 1.74 bits per heavy atom. The van der Waals surface area contributed by atoms with Gasteiger partial charge in [0.05, 0.1) is 17.8 Å². The number of aryl methyl sites for hydroxylation is 1. The van der Waals surface area contributed by atoms with Crippen molar-refractivity contribution >= 4 is 23.2 Å². The maximum atomic E-state index is 12.7. The molecule has 162 valence electrons. The zero-order chi connectivity index (χ0) is 22.3. The van der Waals surface area contributed by atoms with E-state index in [0.29, 0.717) is 13.0 Å². The Labute approximate surface area is 185 Å². The minimum Gasteiger partial charge on any atom is -0.353 e. The Bertz CT molecular complexity index is 1020. The van der Waals surface area contributed by atoms with Crippen molar-refractivity contribution in [2.24, 2.45) is 0 Å². The molecule has 0 bridgehead atoms. The highest BCUT2D eigenvalue weighted by atomic mass is 32.1. The Morgan fingerprint density at radius 1 is 1.06 bits per heavy atom. The first kappa shape index (κ1) is 22.6. The van der Waals surface area contributed by atoms with Crippen LogP contribution in [0.1, 0.15) is 23.1 Å². The van der Waals surface area contributed by atoms with Crippen LogP contribution in [0.25, 0.3) is 11.1 Å². The maximum absolute atomic E-state index is 12.7. The van der Waals surface area contributed by atoms with E-state index >= 15 is 0 Å². The van der Waals surface area contributed by atoms with E-state index in [9.17, 15) is 9.59 Å². The van der Waals surface area contributed by atoms with Crippen molar-refractivity contribution in [2.75, 3.05) is 6.54 Å². The lowest BCUT2D eigenvalue weighted by Gasteiger charge is -2.26. The standard InChI is InChI=1S/C23H25N3O4S/c1-16-20(31-15-25-16)12-13-24-21(27)23(2,22(28)26-29)30-14-17-8-10-19(11-9-17)18-6-4-3-5-7-18/h3-11,15,29H,12-14H2,1-2H3,(H,24,27)(H,26,28). The van der Waals surface area contributed by atoms with Crippen molar-refractivity contribution in [3.05, 3.63) is 76.2 Å². The van der Waals surface area contributed by atoms with Crippen molar-refractivity contribution in [2.45, 2.75) is 32.5 Å². The van der Waals surface area contributed by atoms with Gasteiger partial charge in [-0.2, -0.15) is 0 Å². The van der Waals surface area contributed by atoms with Crippen LogP contribution < -0.4 is 10.8 Å². The van der Waals surface area contributed by atoms with Crippen molar-refractivity contribution in [3.63, 3.8) is 0 Å². The second kappa shape index (κ2) is 10.3. The van der Waals surface area contributed by atoms with Crippen LogP contribution in [0.15, 0.2) is 60.1 Å². The first-order valence-corrected chi connectivity index (χ1v) is 10.7. The minimum absolute atomic E-state index is 0.0281. The molecule has 0 aliphatic heterocycles. The fraction of sp³-hybridized carbons (Fsp3) is 0.261. The zero-order valence-electron chi connectivity index (χ0n) is 17.4. The van der Waals surface area contributed by atoms with Gasteiger partial charge in [0.2, 0.25) is 5.60 Å². The molecule has 0 aliphatic rings. The van der Waals surface area contributed by atoms with Crippen LogP contribution in [0.2, 0.25) is 0 Å². The average Bonchev–Trinajstić information content (AvgIpc) is 3.22. The first-order chi connectivity index (χ1) is 14.9. The van der Waals surface area contributed by atoms with Crippen LogP contribution in [-0.2, 0) is 27.4 Å². The SMILES string of the molecule is Cc1ncsc1CCNC(=O)C(C)(OCc1ccc(-c2ccccc2)cc1)C(=O)NO. The molecule has 1 unspecified atom stereocenters. The summed E-state index contributed by atoms with van der Waals surface area (Å²) in [7, 11) is 0. The molecule has 0 radical (unpaired) electrons. The molecule has 2 aromatic carbocycles. The van der Waals surface area contributed by atoms with E-state index in [1.54, 1.807) is 5.51 Å². The number of amides is 2. The number of hydrogen-bond acceptors (Lipinski definition) is 6. The molecule has 1 aromatic heterocycles. The van der Waals surface area contributed by atoms with Gasteiger partial charge < -0.3 is 10.1 Å². The number of aromatic nitrogens is 1. The van der Waals surface area contributed by atoms with Crippen molar-refractivity contribution < 1.29 is 19.5 Å². The number of ether oxygens (including phenoxy) is 1. The Kier molecular flexibility index (Phi) is 7.51. The highest BCUT2D eigenvalue weighted by Gasteiger charge is 2.42. The number of carbonyl (C=O) groups is 2. The molecule has 8 heteroatoms. The summed E-state index contributed by atoms with van der Waals surface area (Å²) in [6.45, 7) is 3.60. The second-order valence-electron chi connectivity index (χ2n) is 7.19. The largest absolute Gasteiger partial charge is 0.353 e. The number of nitrogens with one attached hydrogen (secondary N) is 2. The van der Waals surface area contributed by atoms with Gasteiger partial charge in [0.15, 0.2) is 0 Å². The monoisotopic (exact) mass is 439 g/mol. The third-order valence-corrected chi connectivity index (χ3v) is 6.03. The maximum Gasteiger partial charge on any atom is 0.285 e. The van der Waals surface area contributed by atoms with E-state index in [4.69, 9.17) is 9.94 Å². The molecule has 0 saturated carbocycles. The molecule has 0 spiro atoms. The number of carbonyl (C=O) groups excluding carboxylic acids is 2. The number of thiazole rings is 1. The summed E-state index contributed by atoms with van der Waals surface area (Å²) >= 11 is 1.51. The molecule has 0 saturated heterocycles. The van der Waals surface area contributed by atoms with Gasteiger partial charge in [0, 0.05) is 17.8 Å². The predicted octanol–water partition coefficient (Wildman–Crippen LogP) is 3.26. The minimum atomic E-state index is -1.88. The van der Waals surface area contributed by atoms with E-state index < -0.39 is 17.4 Å². The third-order valence-electron chi connectivity index (χ3n) is 5.04.